The normalized spacial score (nSPS) is 18.3. The highest BCUT2D eigenvalue weighted by molar-refractivity contribution is 5.72. The molecule has 1 atom stereocenters. The molecule has 5 nitrogen and oxygen atoms in total. The summed E-state index contributed by atoms with van der Waals surface area (Å²) in [6.07, 6.45) is 2.27. The number of fused-ring (bicyclic) bond motifs is 1. The van der Waals surface area contributed by atoms with Crippen LogP contribution in [0, 0.1) is 0 Å². The Balaban J connectivity index is 2.04. The van der Waals surface area contributed by atoms with Gasteiger partial charge >= 0.3 is 5.97 Å². The van der Waals surface area contributed by atoms with Gasteiger partial charge in [0.15, 0.2) is 11.9 Å². The number of aliphatic carboxylic acids is 1. The van der Waals surface area contributed by atoms with Crippen LogP contribution in [-0.2, 0) is 11.2 Å². The molecule has 1 aromatic carbocycles. The molecular weight excluding hydrogens is 230 g/mol. The third kappa shape index (κ3) is 1.77. The van der Waals surface area contributed by atoms with E-state index in [0.29, 0.717) is 12.2 Å². The third-order valence-corrected chi connectivity index (χ3v) is 3.19. The maximum Gasteiger partial charge on any atom is 0.328 e. The van der Waals surface area contributed by atoms with Crippen LogP contribution in [0.5, 0.6) is 0 Å². The lowest BCUT2D eigenvalue weighted by Crippen LogP contribution is -2.25. The Kier molecular flexibility index (Phi) is 2.59. The van der Waals surface area contributed by atoms with Crippen molar-refractivity contribution < 1.29 is 9.90 Å². The van der Waals surface area contributed by atoms with Crippen LogP contribution in [0.1, 0.15) is 24.7 Å². The van der Waals surface area contributed by atoms with Crippen LogP contribution in [0.3, 0.4) is 0 Å². The Labute approximate surface area is 104 Å². The zero-order chi connectivity index (χ0) is 12.5. The summed E-state index contributed by atoms with van der Waals surface area (Å²) < 4.78 is 1.56. The minimum absolute atomic E-state index is 0.571. The lowest BCUT2D eigenvalue weighted by molar-refractivity contribution is -0.141. The molecule has 1 aliphatic heterocycles. The third-order valence-electron chi connectivity index (χ3n) is 3.19. The van der Waals surface area contributed by atoms with Crippen molar-refractivity contribution in [3.05, 3.63) is 36.2 Å². The molecule has 1 N–H and O–H groups in total. The number of aromatic nitrogens is 3. The predicted octanol–water partition coefficient (Wildman–Crippen LogP) is 1.91. The van der Waals surface area contributed by atoms with E-state index < -0.39 is 12.0 Å². The van der Waals surface area contributed by atoms with Gasteiger partial charge in [-0.3, -0.25) is 0 Å². The fourth-order valence-electron chi connectivity index (χ4n) is 2.29. The molecule has 2 heterocycles. The number of carbonyl (C=O) groups is 1. The highest BCUT2D eigenvalue weighted by Crippen LogP contribution is 2.26. The molecule has 5 heteroatoms. The summed E-state index contributed by atoms with van der Waals surface area (Å²) in [6, 6.07) is 9.06. The maximum absolute atomic E-state index is 11.2. The molecule has 0 radical (unpaired) electrons. The van der Waals surface area contributed by atoms with Crippen molar-refractivity contribution in [1.29, 1.82) is 0 Å². The molecule has 0 amide bonds. The largest absolute Gasteiger partial charge is 0.480 e. The topological polar surface area (TPSA) is 68.0 Å². The fraction of sp³-hybridized carbons (Fsp3) is 0.308. The van der Waals surface area contributed by atoms with E-state index in [1.165, 1.54) is 0 Å². The first-order valence-electron chi connectivity index (χ1n) is 5.99. The maximum atomic E-state index is 11.2. The number of rotatable bonds is 2. The molecule has 0 spiro atoms. The first kappa shape index (κ1) is 11.0. The van der Waals surface area contributed by atoms with E-state index in [-0.39, 0.29) is 0 Å². The quantitative estimate of drug-likeness (QED) is 0.874. The number of nitrogens with zero attached hydrogens (tertiary/aromatic N) is 3. The minimum atomic E-state index is -0.833. The van der Waals surface area contributed by atoms with Crippen molar-refractivity contribution in [2.24, 2.45) is 0 Å². The summed E-state index contributed by atoms with van der Waals surface area (Å²) >= 11 is 0. The van der Waals surface area contributed by atoms with Crippen molar-refractivity contribution in [1.82, 2.24) is 14.8 Å². The zero-order valence-electron chi connectivity index (χ0n) is 9.78. The van der Waals surface area contributed by atoms with Crippen LogP contribution in [0.15, 0.2) is 30.3 Å². The Morgan fingerprint density at radius 3 is 2.83 bits per heavy atom. The minimum Gasteiger partial charge on any atom is -0.480 e. The van der Waals surface area contributed by atoms with Crippen molar-refractivity contribution in [2.45, 2.75) is 25.3 Å². The summed E-state index contributed by atoms with van der Waals surface area (Å²) in [6.45, 7) is 0. The summed E-state index contributed by atoms with van der Waals surface area (Å²) in [5.41, 5.74) is 0.920. The molecule has 0 saturated carbocycles. The molecule has 0 aliphatic carbocycles. The Morgan fingerprint density at radius 2 is 2.11 bits per heavy atom. The van der Waals surface area contributed by atoms with E-state index in [0.717, 1.165) is 24.2 Å². The van der Waals surface area contributed by atoms with E-state index in [2.05, 4.69) is 10.1 Å². The molecule has 1 aromatic heterocycles. The first-order chi connectivity index (χ1) is 8.75. The lowest BCUT2D eigenvalue weighted by Gasteiger charge is -2.19. The van der Waals surface area contributed by atoms with E-state index in [9.17, 15) is 9.90 Å². The molecule has 1 aliphatic rings. The molecule has 0 bridgehead atoms. The zero-order valence-corrected chi connectivity index (χ0v) is 9.78. The van der Waals surface area contributed by atoms with E-state index in [1.54, 1.807) is 4.68 Å². The van der Waals surface area contributed by atoms with Crippen LogP contribution < -0.4 is 0 Å². The van der Waals surface area contributed by atoms with Gasteiger partial charge in [-0.15, -0.1) is 5.10 Å². The second-order valence-corrected chi connectivity index (χ2v) is 4.41. The summed E-state index contributed by atoms with van der Waals surface area (Å²) in [4.78, 5) is 15.6. The molecule has 18 heavy (non-hydrogen) atoms. The molecular formula is C13H13N3O2. The number of hydrogen-bond donors (Lipinski definition) is 1. The van der Waals surface area contributed by atoms with Gasteiger partial charge in [0, 0.05) is 12.0 Å². The van der Waals surface area contributed by atoms with Crippen LogP contribution >= 0.6 is 0 Å². The molecule has 0 fully saturated rings. The van der Waals surface area contributed by atoms with Crippen LogP contribution in [0.25, 0.3) is 11.4 Å². The predicted molar refractivity (Wildman–Crippen MR) is 65.1 cm³/mol. The number of carboxylic acid groups (broad SMARTS) is 1. The van der Waals surface area contributed by atoms with Gasteiger partial charge in [0.1, 0.15) is 5.82 Å². The monoisotopic (exact) mass is 243 g/mol. The van der Waals surface area contributed by atoms with Gasteiger partial charge in [0.25, 0.3) is 0 Å². The Bertz CT molecular complexity index is 577. The van der Waals surface area contributed by atoms with Gasteiger partial charge in [-0.05, 0) is 12.8 Å². The van der Waals surface area contributed by atoms with E-state index >= 15 is 0 Å². The first-order valence-corrected chi connectivity index (χ1v) is 5.99. The van der Waals surface area contributed by atoms with Gasteiger partial charge in [-0.2, -0.15) is 0 Å². The van der Waals surface area contributed by atoms with Crippen molar-refractivity contribution in [3.63, 3.8) is 0 Å². The molecule has 92 valence electrons. The Morgan fingerprint density at radius 1 is 1.33 bits per heavy atom. The number of aryl methyl sites for hydroxylation is 1. The second kappa shape index (κ2) is 4.25. The van der Waals surface area contributed by atoms with Gasteiger partial charge < -0.3 is 5.11 Å². The molecule has 1 unspecified atom stereocenters. The van der Waals surface area contributed by atoms with Gasteiger partial charge in [0.2, 0.25) is 0 Å². The fourth-order valence-corrected chi connectivity index (χ4v) is 2.29. The van der Waals surface area contributed by atoms with Crippen molar-refractivity contribution in [2.75, 3.05) is 0 Å². The summed E-state index contributed by atoms with van der Waals surface area (Å²) in [7, 11) is 0. The summed E-state index contributed by atoms with van der Waals surface area (Å²) in [5.74, 6) is 0.548. The van der Waals surface area contributed by atoms with Crippen molar-refractivity contribution >= 4 is 5.97 Å². The highest BCUT2D eigenvalue weighted by Gasteiger charge is 2.28. The van der Waals surface area contributed by atoms with Crippen LogP contribution in [0.2, 0.25) is 0 Å². The van der Waals surface area contributed by atoms with Crippen LogP contribution in [0.4, 0.5) is 0 Å². The average Bonchev–Trinajstić information content (AvgIpc) is 2.83. The van der Waals surface area contributed by atoms with E-state index in [1.807, 2.05) is 30.3 Å². The van der Waals surface area contributed by atoms with Gasteiger partial charge in [0.05, 0.1) is 0 Å². The number of carboxylic acids is 1. The standard InChI is InChI=1S/C13H13N3O2/c17-13(18)10-7-4-8-11-14-12(15-16(10)11)9-5-2-1-3-6-9/h1-3,5-6,10H,4,7-8H2,(H,17,18). The molecule has 0 saturated heterocycles. The van der Waals surface area contributed by atoms with Crippen LogP contribution in [-0.4, -0.2) is 25.8 Å². The Hall–Kier alpha value is -2.17. The number of benzene rings is 1. The average molecular weight is 243 g/mol. The molecule has 2 aromatic rings. The SMILES string of the molecule is O=C(O)C1CCCc2nc(-c3ccccc3)nn21. The van der Waals surface area contributed by atoms with Gasteiger partial charge in [-0.25, -0.2) is 14.5 Å². The smallest absolute Gasteiger partial charge is 0.328 e. The number of hydrogen-bond acceptors (Lipinski definition) is 3. The molecule has 3 rings (SSSR count). The summed E-state index contributed by atoms with van der Waals surface area (Å²) in [5, 5.41) is 13.5. The second-order valence-electron chi connectivity index (χ2n) is 4.41. The van der Waals surface area contributed by atoms with E-state index in [4.69, 9.17) is 0 Å². The lowest BCUT2D eigenvalue weighted by atomic mass is 10.1. The van der Waals surface area contributed by atoms with Gasteiger partial charge in [-0.1, -0.05) is 30.3 Å². The highest BCUT2D eigenvalue weighted by atomic mass is 16.4. The van der Waals surface area contributed by atoms with Crippen molar-refractivity contribution in [3.8, 4) is 11.4 Å².